The number of hydrogen-bond donors (Lipinski definition) is 1. The molecule has 2 amide bonds. The standard InChI is InChI=1S/C18H31N5O2/c1-5-8-23(13-16-19-6-9-21(16)4)17(24)11-15-18(25)20-7-10-22(15)12-14(2)3/h6,9,14-15H,5,7-8,10-13H2,1-4H3,(H,20,25)/t15-/m1/s1. The molecular formula is C18H31N5O2. The van der Waals surface area contributed by atoms with E-state index in [4.69, 9.17) is 0 Å². The third kappa shape index (κ3) is 5.29. The van der Waals surface area contributed by atoms with Gasteiger partial charge in [-0.05, 0) is 12.3 Å². The maximum atomic E-state index is 12.9. The lowest BCUT2D eigenvalue weighted by atomic mass is 10.1. The monoisotopic (exact) mass is 349 g/mol. The lowest BCUT2D eigenvalue weighted by Gasteiger charge is -2.36. The molecule has 7 heteroatoms. The van der Waals surface area contributed by atoms with Crippen molar-refractivity contribution in [3.05, 3.63) is 18.2 Å². The molecule has 0 saturated carbocycles. The first-order valence-electron chi connectivity index (χ1n) is 9.18. The zero-order valence-electron chi connectivity index (χ0n) is 15.9. The Morgan fingerprint density at radius 3 is 2.84 bits per heavy atom. The van der Waals surface area contributed by atoms with Crippen molar-refractivity contribution in [3.8, 4) is 0 Å². The molecule has 1 fully saturated rings. The van der Waals surface area contributed by atoms with E-state index in [0.29, 0.717) is 25.6 Å². The topological polar surface area (TPSA) is 70.5 Å². The summed E-state index contributed by atoms with van der Waals surface area (Å²) in [6.07, 6.45) is 4.72. The smallest absolute Gasteiger partial charge is 0.237 e. The number of aromatic nitrogens is 2. The van der Waals surface area contributed by atoms with E-state index < -0.39 is 0 Å². The number of hydrogen-bond acceptors (Lipinski definition) is 4. The number of nitrogens with zero attached hydrogens (tertiary/aromatic N) is 4. The summed E-state index contributed by atoms with van der Waals surface area (Å²) in [5.41, 5.74) is 0. The number of imidazole rings is 1. The number of rotatable bonds is 8. The highest BCUT2D eigenvalue weighted by molar-refractivity contribution is 5.88. The SMILES string of the molecule is CCCN(Cc1nccn1C)C(=O)C[C@@H]1C(=O)NCCN1CC(C)C. The van der Waals surface area contributed by atoms with Gasteiger partial charge in [-0.1, -0.05) is 20.8 Å². The van der Waals surface area contributed by atoms with Gasteiger partial charge in [-0.25, -0.2) is 4.98 Å². The quantitative estimate of drug-likeness (QED) is 0.760. The molecule has 25 heavy (non-hydrogen) atoms. The Morgan fingerprint density at radius 1 is 1.48 bits per heavy atom. The van der Waals surface area contributed by atoms with Crippen molar-refractivity contribution >= 4 is 11.8 Å². The average Bonchev–Trinajstić information content (AvgIpc) is 2.95. The highest BCUT2D eigenvalue weighted by atomic mass is 16.2. The van der Waals surface area contributed by atoms with Crippen molar-refractivity contribution < 1.29 is 9.59 Å². The van der Waals surface area contributed by atoms with Crippen molar-refractivity contribution in [3.63, 3.8) is 0 Å². The van der Waals surface area contributed by atoms with Crippen molar-refractivity contribution in [2.75, 3.05) is 26.2 Å². The Hall–Kier alpha value is -1.89. The van der Waals surface area contributed by atoms with Gasteiger partial charge in [-0.15, -0.1) is 0 Å². The molecule has 1 N–H and O–H groups in total. The van der Waals surface area contributed by atoms with Gasteiger partial charge in [-0.2, -0.15) is 0 Å². The van der Waals surface area contributed by atoms with Gasteiger partial charge in [0.05, 0.1) is 19.0 Å². The third-order valence-electron chi connectivity index (χ3n) is 4.51. The Labute approximate surface area is 150 Å². The fraction of sp³-hybridized carbons (Fsp3) is 0.722. The minimum absolute atomic E-state index is 0.0145. The van der Waals surface area contributed by atoms with Gasteiger partial charge in [0, 0.05) is 45.6 Å². The molecule has 140 valence electrons. The molecule has 7 nitrogen and oxygen atoms in total. The van der Waals surface area contributed by atoms with Crippen LogP contribution in [-0.4, -0.2) is 63.4 Å². The zero-order chi connectivity index (χ0) is 18.4. The summed E-state index contributed by atoms with van der Waals surface area (Å²) in [5, 5.41) is 2.90. The molecule has 1 aliphatic heterocycles. The van der Waals surface area contributed by atoms with Crippen LogP contribution in [0.15, 0.2) is 12.4 Å². The molecule has 0 radical (unpaired) electrons. The predicted molar refractivity (Wildman–Crippen MR) is 96.7 cm³/mol. The lowest BCUT2D eigenvalue weighted by molar-refractivity contribution is -0.139. The van der Waals surface area contributed by atoms with Crippen LogP contribution in [0.25, 0.3) is 0 Å². The lowest BCUT2D eigenvalue weighted by Crippen LogP contribution is -2.57. The fourth-order valence-electron chi connectivity index (χ4n) is 3.25. The van der Waals surface area contributed by atoms with Gasteiger partial charge >= 0.3 is 0 Å². The first-order valence-corrected chi connectivity index (χ1v) is 9.18. The van der Waals surface area contributed by atoms with Gasteiger partial charge in [0.1, 0.15) is 5.82 Å². The Bertz CT molecular complexity index is 584. The number of piperazine rings is 1. The summed E-state index contributed by atoms with van der Waals surface area (Å²) in [6.45, 7) is 9.76. The largest absolute Gasteiger partial charge is 0.353 e. The average molecular weight is 349 g/mol. The van der Waals surface area contributed by atoms with Crippen LogP contribution in [0.5, 0.6) is 0 Å². The van der Waals surface area contributed by atoms with Crippen molar-refractivity contribution in [2.45, 2.75) is 46.2 Å². The minimum Gasteiger partial charge on any atom is -0.353 e. The zero-order valence-corrected chi connectivity index (χ0v) is 15.9. The van der Waals surface area contributed by atoms with Crippen LogP contribution in [0.4, 0.5) is 0 Å². The molecule has 2 rings (SSSR count). The summed E-state index contributed by atoms with van der Waals surface area (Å²) in [6, 6.07) is -0.371. The van der Waals surface area contributed by atoms with Crippen LogP contribution in [0.1, 0.15) is 39.4 Å². The van der Waals surface area contributed by atoms with Gasteiger partial charge in [0.15, 0.2) is 0 Å². The van der Waals surface area contributed by atoms with Gasteiger partial charge < -0.3 is 14.8 Å². The Kier molecular flexibility index (Phi) is 6.99. The van der Waals surface area contributed by atoms with Crippen LogP contribution < -0.4 is 5.32 Å². The van der Waals surface area contributed by atoms with Crippen molar-refractivity contribution in [1.82, 2.24) is 24.7 Å². The van der Waals surface area contributed by atoms with Crippen LogP contribution in [0.3, 0.4) is 0 Å². The molecule has 1 aliphatic rings. The summed E-state index contributed by atoms with van der Waals surface area (Å²) >= 11 is 0. The van der Waals surface area contributed by atoms with E-state index in [9.17, 15) is 9.59 Å². The maximum Gasteiger partial charge on any atom is 0.237 e. The Balaban J connectivity index is 2.06. The molecule has 0 aromatic carbocycles. The molecule has 1 aromatic rings. The molecule has 0 unspecified atom stereocenters. The second-order valence-electron chi connectivity index (χ2n) is 7.17. The van der Waals surface area contributed by atoms with E-state index in [1.807, 2.05) is 22.7 Å². The van der Waals surface area contributed by atoms with Crippen molar-refractivity contribution in [1.29, 1.82) is 0 Å². The molecule has 1 aromatic heterocycles. The summed E-state index contributed by atoms with van der Waals surface area (Å²) in [7, 11) is 1.93. The number of aryl methyl sites for hydroxylation is 1. The fourth-order valence-corrected chi connectivity index (χ4v) is 3.25. The van der Waals surface area contributed by atoms with E-state index in [1.54, 1.807) is 6.20 Å². The number of carbonyl (C=O) groups excluding carboxylic acids is 2. The third-order valence-corrected chi connectivity index (χ3v) is 4.51. The molecule has 1 saturated heterocycles. The summed E-state index contributed by atoms with van der Waals surface area (Å²) in [4.78, 5) is 33.5. The second kappa shape index (κ2) is 8.99. The van der Waals surface area contributed by atoms with Gasteiger partial charge in [0.25, 0.3) is 0 Å². The molecule has 0 aliphatic carbocycles. The maximum absolute atomic E-state index is 12.9. The van der Waals surface area contributed by atoms with Crippen LogP contribution in [-0.2, 0) is 23.2 Å². The van der Waals surface area contributed by atoms with Crippen LogP contribution in [0, 0.1) is 5.92 Å². The second-order valence-corrected chi connectivity index (χ2v) is 7.17. The first-order chi connectivity index (χ1) is 11.9. The van der Waals surface area contributed by atoms with Gasteiger partial charge in [0.2, 0.25) is 11.8 Å². The highest BCUT2D eigenvalue weighted by Gasteiger charge is 2.33. The normalized spacial score (nSPS) is 18.4. The van der Waals surface area contributed by atoms with Crippen LogP contribution >= 0.6 is 0 Å². The number of amides is 2. The minimum atomic E-state index is -0.371. The predicted octanol–water partition coefficient (Wildman–Crippen LogP) is 1.01. The Morgan fingerprint density at radius 2 is 2.24 bits per heavy atom. The van der Waals surface area contributed by atoms with E-state index in [2.05, 4.69) is 36.0 Å². The summed E-state index contributed by atoms with van der Waals surface area (Å²) in [5.74, 6) is 1.30. The van der Waals surface area contributed by atoms with Crippen LogP contribution in [0.2, 0.25) is 0 Å². The molecule has 0 bridgehead atoms. The number of carbonyl (C=O) groups is 2. The molecule has 0 spiro atoms. The number of nitrogens with one attached hydrogen (secondary N) is 1. The van der Waals surface area contributed by atoms with Gasteiger partial charge in [-0.3, -0.25) is 14.5 Å². The molecular weight excluding hydrogens is 318 g/mol. The highest BCUT2D eigenvalue weighted by Crippen LogP contribution is 2.14. The van der Waals surface area contributed by atoms with E-state index in [-0.39, 0.29) is 24.3 Å². The molecule has 1 atom stereocenters. The van der Waals surface area contributed by atoms with Crippen molar-refractivity contribution in [2.24, 2.45) is 13.0 Å². The van der Waals surface area contributed by atoms with E-state index in [1.165, 1.54) is 0 Å². The summed E-state index contributed by atoms with van der Waals surface area (Å²) < 4.78 is 1.92. The molecule has 2 heterocycles. The van der Waals surface area contributed by atoms with E-state index in [0.717, 1.165) is 25.3 Å². The van der Waals surface area contributed by atoms with E-state index >= 15 is 0 Å². The first kappa shape index (κ1) is 19.4.